The lowest BCUT2D eigenvalue weighted by Gasteiger charge is -2.24. The lowest BCUT2D eigenvalue weighted by molar-refractivity contribution is 0.0914. The van der Waals surface area contributed by atoms with Gasteiger partial charge >= 0.3 is 6.03 Å². The van der Waals surface area contributed by atoms with E-state index in [1.165, 1.54) is 7.11 Å². The average molecular weight is 674 g/mol. The summed E-state index contributed by atoms with van der Waals surface area (Å²) in [7, 11) is -2.22. The molecule has 1 saturated heterocycles. The molecule has 0 saturated carbocycles. The van der Waals surface area contributed by atoms with Crippen LogP contribution in [-0.2, 0) is 15.4 Å². The van der Waals surface area contributed by atoms with Crippen LogP contribution in [0, 0.1) is 5.92 Å². The Morgan fingerprint density at radius 3 is 2.29 bits per heavy atom. The lowest BCUT2D eigenvalue weighted by atomic mass is 9.86. The van der Waals surface area contributed by atoms with Crippen molar-refractivity contribution in [3.05, 3.63) is 78.1 Å². The number of ether oxygens (including phenoxy) is 2. The van der Waals surface area contributed by atoms with Crippen molar-refractivity contribution in [3.8, 4) is 17.2 Å². The lowest BCUT2D eigenvalue weighted by Crippen LogP contribution is -2.29. The zero-order valence-electron chi connectivity index (χ0n) is 28.4. The number of sulfonamides is 1. The second kappa shape index (κ2) is 13.8. The first-order chi connectivity index (χ1) is 22.6. The van der Waals surface area contributed by atoms with Crippen LogP contribution in [0.3, 0.4) is 0 Å². The molecule has 3 aromatic carbocycles. The Hall–Kier alpha value is -4.68. The molecule has 2 heterocycles. The van der Waals surface area contributed by atoms with E-state index >= 15 is 0 Å². The number of likely N-dealkylation sites (tertiary alicyclic amines) is 1. The second-order valence-electron chi connectivity index (χ2n) is 13.4. The van der Waals surface area contributed by atoms with Gasteiger partial charge in [-0.25, -0.2) is 13.2 Å². The van der Waals surface area contributed by atoms with Crippen molar-refractivity contribution in [1.29, 1.82) is 0 Å². The number of benzene rings is 3. The van der Waals surface area contributed by atoms with Gasteiger partial charge in [0.05, 0.1) is 30.4 Å². The van der Waals surface area contributed by atoms with Crippen LogP contribution in [0.5, 0.6) is 17.2 Å². The van der Waals surface area contributed by atoms with E-state index in [4.69, 9.17) is 9.47 Å². The molecule has 12 heteroatoms. The number of fused-ring (bicyclic) bond motifs is 1. The SMILES string of the molecule is COc1c(NC(=O)Nc2ccc(Oc3ccnc(C(=O)C4CCN(C(C)C)C4)c3)c3ccccc23)cc(C(C)(C)C)cc1NS(C)(=O)=O. The molecular weight excluding hydrogens is 630 g/mol. The molecule has 1 aliphatic heterocycles. The molecular formula is C36H43N5O6S. The van der Waals surface area contributed by atoms with Crippen LogP contribution in [0.15, 0.2) is 66.9 Å². The van der Waals surface area contributed by atoms with Crippen molar-refractivity contribution in [2.45, 2.75) is 52.5 Å². The van der Waals surface area contributed by atoms with E-state index < -0.39 is 16.1 Å². The van der Waals surface area contributed by atoms with Gasteiger partial charge in [0.1, 0.15) is 17.2 Å². The molecule has 254 valence electrons. The first-order valence-electron chi connectivity index (χ1n) is 15.8. The van der Waals surface area contributed by atoms with Crippen molar-refractivity contribution in [2.24, 2.45) is 5.92 Å². The number of urea groups is 1. The number of carbonyl (C=O) groups is 2. The Kier molecular flexibility index (Phi) is 9.97. The predicted molar refractivity (Wildman–Crippen MR) is 190 cm³/mol. The Labute approximate surface area is 282 Å². The second-order valence-corrected chi connectivity index (χ2v) is 15.1. The number of carbonyl (C=O) groups excluding carboxylic acids is 2. The Morgan fingerprint density at radius 1 is 0.958 bits per heavy atom. The highest BCUT2D eigenvalue weighted by atomic mass is 32.2. The van der Waals surface area contributed by atoms with Gasteiger partial charge < -0.3 is 25.0 Å². The smallest absolute Gasteiger partial charge is 0.323 e. The van der Waals surface area contributed by atoms with Crippen molar-refractivity contribution in [1.82, 2.24) is 9.88 Å². The molecule has 0 spiro atoms. The third-order valence-electron chi connectivity index (χ3n) is 8.37. The van der Waals surface area contributed by atoms with Gasteiger partial charge in [0.15, 0.2) is 11.5 Å². The number of amides is 2. The average Bonchev–Trinajstić information content (AvgIpc) is 3.52. The maximum Gasteiger partial charge on any atom is 0.323 e. The van der Waals surface area contributed by atoms with Crippen LogP contribution in [0.1, 0.15) is 57.1 Å². The van der Waals surface area contributed by atoms with Crippen LogP contribution in [0.4, 0.5) is 21.9 Å². The Bertz CT molecular complexity index is 1950. The third kappa shape index (κ3) is 8.06. The van der Waals surface area contributed by atoms with E-state index in [1.54, 1.807) is 42.6 Å². The molecule has 0 bridgehead atoms. The molecule has 11 nitrogen and oxygen atoms in total. The predicted octanol–water partition coefficient (Wildman–Crippen LogP) is 7.26. The normalized spacial score (nSPS) is 15.4. The zero-order valence-corrected chi connectivity index (χ0v) is 29.2. The molecule has 1 atom stereocenters. The molecule has 0 aliphatic carbocycles. The van der Waals surface area contributed by atoms with Crippen molar-refractivity contribution < 1.29 is 27.5 Å². The van der Waals surface area contributed by atoms with Gasteiger partial charge in [-0.1, -0.05) is 45.0 Å². The minimum absolute atomic E-state index is 0.0166. The molecule has 0 radical (unpaired) electrons. The van der Waals surface area contributed by atoms with E-state index in [0.717, 1.165) is 42.1 Å². The van der Waals surface area contributed by atoms with Gasteiger partial charge in [-0.05, 0) is 68.1 Å². The van der Waals surface area contributed by atoms with E-state index in [2.05, 4.69) is 39.1 Å². The summed E-state index contributed by atoms with van der Waals surface area (Å²) in [5.41, 5.74) is 1.86. The number of hydrogen-bond acceptors (Lipinski definition) is 8. The molecule has 3 N–H and O–H groups in total. The van der Waals surface area contributed by atoms with E-state index in [9.17, 15) is 18.0 Å². The fourth-order valence-corrected chi connectivity index (χ4v) is 6.36. The standard InChI is InChI=1S/C36H43N5O6S/c1-22(2)41-17-15-23(21-41)33(42)29-20-25(14-16-37-29)47-32-13-12-28(26-10-8-9-11-27(26)32)38-35(43)39-30-18-24(36(3,4)5)19-31(34(30)46-6)40-48(7,44)45/h8-14,16,18-20,22-23,40H,15,17,21H2,1-7H3,(H2,38,39,43). The highest BCUT2D eigenvalue weighted by molar-refractivity contribution is 7.92. The Morgan fingerprint density at radius 2 is 1.65 bits per heavy atom. The van der Waals surface area contributed by atoms with E-state index in [-0.39, 0.29) is 28.6 Å². The molecule has 1 unspecified atom stereocenters. The van der Waals surface area contributed by atoms with Gasteiger partial charge in [0, 0.05) is 41.5 Å². The number of rotatable bonds is 10. The first kappa shape index (κ1) is 34.6. The molecule has 5 rings (SSSR count). The summed E-state index contributed by atoms with van der Waals surface area (Å²) in [6.45, 7) is 11.8. The quantitative estimate of drug-likeness (QED) is 0.150. The summed E-state index contributed by atoms with van der Waals surface area (Å²) >= 11 is 0. The van der Waals surface area contributed by atoms with Crippen molar-refractivity contribution in [3.63, 3.8) is 0 Å². The number of ketones is 1. The molecule has 1 aromatic heterocycles. The number of methoxy groups -OCH3 is 1. The third-order valence-corrected chi connectivity index (χ3v) is 8.96. The van der Waals surface area contributed by atoms with Crippen molar-refractivity contribution in [2.75, 3.05) is 41.8 Å². The molecule has 2 amide bonds. The summed E-state index contributed by atoms with van der Waals surface area (Å²) in [4.78, 5) is 33.3. The summed E-state index contributed by atoms with van der Waals surface area (Å²) in [6.07, 6.45) is 3.45. The van der Waals surface area contributed by atoms with Crippen LogP contribution >= 0.6 is 0 Å². The highest BCUT2D eigenvalue weighted by Gasteiger charge is 2.31. The van der Waals surface area contributed by atoms with Gasteiger partial charge in [0.2, 0.25) is 10.0 Å². The fraction of sp³-hybridized carbons (Fsp3) is 0.361. The van der Waals surface area contributed by atoms with E-state index in [1.807, 2.05) is 45.0 Å². The first-order valence-corrected chi connectivity index (χ1v) is 17.7. The summed E-state index contributed by atoms with van der Waals surface area (Å²) in [5, 5.41) is 7.22. The van der Waals surface area contributed by atoms with Gasteiger partial charge in [-0.2, -0.15) is 0 Å². The van der Waals surface area contributed by atoms with Gasteiger partial charge in [-0.3, -0.25) is 14.5 Å². The van der Waals surface area contributed by atoms with Gasteiger partial charge in [-0.15, -0.1) is 0 Å². The number of pyridine rings is 1. The number of anilines is 3. The highest BCUT2D eigenvalue weighted by Crippen LogP contribution is 2.40. The summed E-state index contributed by atoms with van der Waals surface area (Å²) in [6, 6.07) is 17.7. The zero-order chi connectivity index (χ0) is 34.8. The van der Waals surface area contributed by atoms with Gasteiger partial charge in [0.25, 0.3) is 0 Å². The fourth-order valence-electron chi connectivity index (χ4n) is 5.81. The minimum atomic E-state index is -3.62. The summed E-state index contributed by atoms with van der Waals surface area (Å²) in [5.74, 6) is 1.13. The molecule has 1 fully saturated rings. The minimum Gasteiger partial charge on any atom is -0.492 e. The molecule has 1 aliphatic rings. The Balaban J connectivity index is 1.38. The maximum absolute atomic E-state index is 13.4. The number of nitrogens with zero attached hydrogens (tertiary/aromatic N) is 2. The van der Waals surface area contributed by atoms with Crippen LogP contribution < -0.4 is 24.8 Å². The van der Waals surface area contributed by atoms with Crippen molar-refractivity contribution >= 4 is 49.7 Å². The van der Waals surface area contributed by atoms with Crippen LogP contribution in [0.2, 0.25) is 0 Å². The number of hydrogen-bond donors (Lipinski definition) is 3. The molecule has 48 heavy (non-hydrogen) atoms. The molecule has 4 aromatic rings. The van der Waals surface area contributed by atoms with Crippen LogP contribution in [-0.4, -0.2) is 62.6 Å². The number of nitrogens with one attached hydrogen (secondary N) is 3. The van der Waals surface area contributed by atoms with E-state index in [0.29, 0.717) is 34.6 Å². The topological polar surface area (TPSA) is 139 Å². The monoisotopic (exact) mass is 673 g/mol. The summed E-state index contributed by atoms with van der Waals surface area (Å²) < 4.78 is 38.5. The number of Topliss-reactive ketones (excluding diaryl/α,β-unsaturated/α-hetero) is 1. The largest absolute Gasteiger partial charge is 0.492 e. The van der Waals surface area contributed by atoms with Crippen LogP contribution in [0.25, 0.3) is 10.8 Å². The number of aromatic nitrogens is 1. The maximum atomic E-state index is 13.4.